The average Bonchev–Trinajstić information content (AvgIpc) is 3.99. The minimum Gasteiger partial charge on any atom is -0.870 e. The van der Waals surface area contributed by atoms with E-state index in [0.29, 0.717) is 52.7 Å². The molecule has 62 heavy (non-hydrogen) atoms. The first-order valence-corrected chi connectivity index (χ1v) is 20.1. The number of carboxylic acids is 1. The molecule has 3 saturated heterocycles. The summed E-state index contributed by atoms with van der Waals surface area (Å²) >= 11 is 5.72. The zero-order chi connectivity index (χ0) is 42.8. The maximum Gasteiger partial charge on any atom is 1.00 e. The third-order valence-electron chi connectivity index (χ3n) is 10.0. The van der Waals surface area contributed by atoms with Gasteiger partial charge in [0.05, 0.1) is 49.1 Å². The Morgan fingerprint density at radius 1 is 0.694 bits per heavy atom. The van der Waals surface area contributed by atoms with Crippen LogP contribution in [0.2, 0.25) is 5.15 Å². The Morgan fingerprint density at radius 2 is 1.11 bits per heavy atom. The smallest absolute Gasteiger partial charge is 0.870 e. The van der Waals surface area contributed by atoms with E-state index in [1.165, 1.54) is 28.3 Å². The zero-order valence-corrected chi connectivity index (χ0v) is 35.5. The number of Topliss-reactive ketones (excluding diaryl/α,β-unsaturated/α-hetero) is 1. The summed E-state index contributed by atoms with van der Waals surface area (Å²) in [5, 5.41) is 52.4. The maximum atomic E-state index is 11.5. The number of esters is 1. The molecule has 21 nitrogen and oxygen atoms in total. The predicted octanol–water partition coefficient (Wildman–Crippen LogP) is -0.601. The minimum atomic E-state index is -1.03. The van der Waals surface area contributed by atoms with Crippen molar-refractivity contribution in [1.82, 2.24) is 49.1 Å². The molecule has 9 heterocycles. The quantitative estimate of drug-likeness (QED) is 0.0605. The number of aliphatic hydroxyl groups excluding tert-OH is 3. The van der Waals surface area contributed by atoms with Gasteiger partial charge in [-0.3, -0.25) is 4.79 Å². The van der Waals surface area contributed by atoms with Gasteiger partial charge in [0.25, 0.3) is 0 Å². The van der Waals surface area contributed by atoms with Crippen LogP contribution in [0.4, 0.5) is 11.6 Å². The van der Waals surface area contributed by atoms with Crippen LogP contribution in [-0.2, 0) is 4.74 Å². The Hall–Kier alpha value is -5.24. The van der Waals surface area contributed by atoms with Gasteiger partial charge in [-0.25, -0.2) is 38.1 Å². The standard InChI is InChI=1S/C13H16N4O2.C12H14N4O3.C9H8ClN3O2.C5H11NO.Li.H2O/c1-9(18)11-8-14-17-7-4-12(15-13(11)17)16-5-2-10(19)3-6-16;17-8-1-4-15(5-2-8)10-3-6-16-11(14-10)9(7-13-16)12(18)19;1-2-15-9(14)6-5-11-13-4-3-7(10)12-8(6)13;7-5-1-3-6-4-2-5;;/h4,7-8,10,19H,2-3,5-6H2,1H3;3,6-8,17H,1-2,4-5H2,(H,18,19);3-5H,2H2,1H3;5-7H,1-4H2;;1H2/q;;;;+1;/p-1. The molecule has 0 unspecified atom stereocenters. The van der Waals surface area contributed by atoms with E-state index >= 15 is 0 Å². The van der Waals surface area contributed by atoms with Gasteiger partial charge in [0, 0.05) is 44.8 Å². The number of hydrogen-bond donors (Lipinski definition) is 5. The Bertz CT molecular complexity index is 2280. The van der Waals surface area contributed by atoms with Crippen LogP contribution in [0.15, 0.2) is 55.4 Å². The number of aromatic carboxylic acids is 1. The first-order valence-electron chi connectivity index (χ1n) is 19.8. The van der Waals surface area contributed by atoms with Gasteiger partial charge >= 0.3 is 30.8 Å². The van der Waals surface area contributed by atoms with Crippen molar-refractivity contribution in [2.24, 2.45) is 0 Å². The number of hydrogen-bond acceptors (Lipinski definition) is 17. The van der Waals surface area contributed by atoms with Gasteiger partial charge in [0.2, 0.25) is 0 Å². The number of carbonyl (C=O) groups is 3. The average molecular weight is 873 g/mol. The third-order valence-corrected chi connectivity index (χ3v) is 10.2. The number of carboxylic acid groups (broad SMARTS) is 1. The third kappa shape index (κ3) is 12.7. The second-order valence-corrected chi connectivity index (χ2v) is 14.7. The summed E-state index contributed by atoms with van der Waals surface area (Å²) in [6.07, 6.45) is 13.7. The van der Waals surface area contributed by atoms with E-state index in [4.69, 9.17) is 26.6 Å². The van der Waals surface area contributed by atoms with Crippen molar-refractivity contribution in [3.05, 3.63) is 77.2 Å². The molecule has 6 aromatic rings. The fraction of sp³-hybridized carbons (Fsp3) is 0.462. The molecule has 3 aliphatic rings. The van der Waals surface area contributed by atoms with Crippen LogP contribution in [0.1, 0.15) is 83.4 Å². The number of aliphatic hydroxyl groups is 3. The van der Waals surface area contributed by atoms with Crippen molar-refractivity contribution in [2.45, 2.75) is 70.7 Å². The number of rotatable bonds is 6. The predicted molar refractivity (Wildman–Crippen MR) is 222 cm³/mol. The molecular weight excluding hydrogens is 823 g/mol. The number of ether oxygens (including phenoxy) is 1. The molecule has 23 heteroatoms. The number of nitrogens with zero attached hydrogens (tertiary/aromatic N) is 11. The van der Waals surface area contributed by atoms with Gasteiger partial charge in [-0.05, 0) is 83.7 Å². The first-order chi connectivity index (χ1) is 28.9. The van der Waals surface area contributed by atoms with Crippen molar-refractivity contribution in [3.63, 3.8) is 0 Å². The van der Waals surface area contributed by atoms with Gasteiger partial charge in [0.15, 0.2) is 22.7 Å². The van der Waals surface area contributed by atoms with Gasteiger partial charge in [-0.2, -0.15) is 15.3 Å². The molecule has 0 bridgehead atoms. The summed E-state index contributed by atoms with van der Waals surface area (Å²) in [5.41, 5.74) is 2.30. The second kappa shape index (κ2) is 23.3. The van der Waals surface area contributed by atoms with E-state index < -0.39 is 11.9 Å². The normalized spacial score (nSPS) is 15.8. The fourth-order valence-electron chi connectivity index (χ4n) is 6.67. The molecule has 3 aliphatic heterocycles. The van der Waals surface area contributed by atoms with Gasteiger partial charge in [-0.15, -0.1) is 0 Å². The van der Waals surface area contributed by atoms with Gasteiger partial charge in [-0.1, -0.05) is 11.6 Å². The number of nitrogens with one attached hydrogen (secondary N) is 1. The van der Waals surface area contributed by atoms with Crippen molar-refractivity contribution < 1.29 is 63.9 Å². The molecule has 0 radical (unpaired) electrons. The molecule has 3 fully saturated rings. The zero-order valence-electron chi connectivity index (χ0n) is 34.8. The largest absolute Gasteiger partial charge is 1.00 e. The van der Waals surface area contributed by atoms with Crippen molar-refractivity contribution >= 4 is 57.9 Å². The number of ketones is 1. The van der Waals surface area contributed by atoms with Crippen LogP contribution in [-0.4, -0.2) is 152 Å². The van der Waals surface area contributed by atoms with Crippen LogP contribution >= 0.6 is 11.6 Å². The molecule has 6 N–H and O–H groups in total. The van der Waals surface area contributed by atoms with E-state index in [0.717, 1.165) is 76.6 Å². The number of aromatic nitrogens is 9. The topological polar surface area (TPSA) is 280 Å². The van der Waals surface area contributed by atoms with Crippen LogP contribution in [0.5, 0.6) is 0 Å². The number of piperidine rings is 3. The molecule has 0 atom stereocenters. The Kier molecular flexibility index (Phi) is 18.5. The summed E-state index contributed by atoms with van der Waals surface area (Å²) in [4.78, 5) is 51.1. The molecular formula is C39H50ClLiN12O9. The summed E-state index contributed by atoms with van der Waals surface area (Å²) in [6, 6.07) is 5.29. The molecule has 0 saturated carbocycles. The van der Waals surface area contributed by atoms with E-state index in [1.807, 2.05) is 23.2 Å². The number of fused-ring (bicyclic) bond motifs is 3. The summed E-state index contributed by atoms with van der Waals surface area (Å²) in [5.74, 6) is 0.0505. The van der Waals surface area contributed by atoms with Crippen molar-refractivity contribution in [3.8, 4) is 0 Å². The Labute approximate surface area is 373 Å². The minimum absolute atomic E-state index is 0. The summed E-state index contributed by atoms with van der Waals surface area (Å²) < 4.78 is 9.39. The number of carbonyl (C=O) groups excluding carboxylic acids is 2. The van der Waals surface area contributed by atoms with E-state index in [-0.39, 0.29) is 54.0 Å². The molecule has 0 spiro atoms. The molecule has 0 aliphatic carbocycles. The molecule has 6 aromatic heterocycles. The fourth-order valence-corrected chi connectivity index (χ4v) is 6.80. The van der Waals surface area contributed by atoms with E-state index in [1.54, 1.807) is 36.1 Å². The number of anilines is 2. The second-order valence-electron chi connectivity index (χ2n) is 14.3. The van der Waals surface area contributed by atoms with Gasteiger partial charge in [0.1, 0.15) is 27.9 Å². The molecule has 0 amide bonds. The molecule has 9 rings (SSSR count). The van der Waals surface area contributed by atoms with Crippen LogP contribution < -0.4 is 34.0 Å². The van der Waals surface area contributed by atoms with Crippen LogP contribution in [0, 0.1) is 0 Å². The monoisotopic (exact) mass is 872 g/mol. The van der Waals surface area contributed by atoms with Crippen LogP contribution in [0.3, 0.4) is 0 Å². The summed E-state index contributed by atoms with van der Waals surface area (Å²) in [6.45, 7) is 8.56. The van der Waals surface area contributed by atoms with Crippen LogP contribution in [0.25, 0.3) is 16.9 Å². The molecule has 328 valence electrons. The maximum absolute atomic E-state index is 11.5. The first kappa shape index (κ1) is 49.4. The Morgan fingerprint density at radius 3 is 1.55 bits per heavy atom. The van der Waals surface area contributed by atoms with E-state index in [2.05, 4.69) is 40.5 Å². The van der Waals surface area contributed by atoms with Crippen molar-refractivity contribution in [2.75, 3.05) is 55.7 Å². The van der Waals surface area contributed by atoms with Crippen molar-refractivity contribution in [1.29, 1.82) is 0 Å². The van der Waals surface area contributed by atoms with Gasteiger partial charge < -0.3 is 45.8 Å². The molecule has 0 aromatic carbocycles. The van der Waals surface area contributed by atoms with E-state index in [9.17, 15) is 24.6 Å². The Balaban J connectivity index is 0.000000188. The SMILES string of the molecule is CC(=O)c1cnn2ccc(N3CCC(O)CC3)nc12.CCOC(=O)c1cnn2ccc(Cl)nc12.O=C(O)c1cnn2ccc(N3CCC(O)CC3)nc12.OC1CCNCC1.[Li+].[OH-]. The summed E-state index contributed by atoms with van der Waals surface area (Å²) in [7, 11) is 0. The number of halogens is 1.